The van der Waals surface area contributed by atoms with Crippen molar-refractivity contribution in [2.75, 3.05) is 13.1 Å². The van der Waals surface area contributed by atoms with E-state index in [1.165, 1.54) is 5.56 Å². The van der Waals surface area contributed by atoms with Gasteiger partial charge in [-0.15, -0.1) is 11.3 Å². The fourth-order valence-corrected chi connectivity index (χ4v) is 3.96. The van der Waals surface area contributed by atoms with Gasteiger partial charge in [-0.25, -0.2) is 15.0 Å². The predicted molar refractivity (Wildman–Crippen MR) is 105 cm³/mol. The fraction of sp³-hybridized carbons (Fsp3) is 0.250. The maximum absolute atomic E-state index is 6.15. The van der Waals surface area contributed by atoms with Crippen LogP contribution in [-0.2, 0) is 13.1 Å². The molecule has 3 aromatic heterocycles. The SMILES string of the molecule is c1ccc(Cn2ccc3c(OC4CN(Cc5cscn5)C4)ncnc32)cc1. The topological polar surface area (TPSA) is 56.1 Å². The van der Waals surface area contributed by atoms with Crippen LogP contribution < -0.4 is 4.74 Å². The minimum atomic E-state index is 0.166. The lowest BCUT2D eigenvalue weighted by atomic mass is 10.1. The molecule has 0 N–H and O–H groups in total. The van der Waals surface area contributed by atoms with Gasteiger partial charge in [-0.1, -0.05) is 30.3 Å². The normalized spacial score (nSPS) is 15.1. The first-order valence-corrected chi connectivity index (χ1v) is 9.89. The van der Waals surface area contributed by atoms with Crippen LogP contribution in [0, 0.1) is 0 Å². The van der Waals surface area contributed by atoms with Crippen LogP contribution in [0.25, 0.3) is 11.0 Å². The summed E-state index contributed by atoms with van der Waals surface area (Å²) < 4.78 is 8.29. The van der Waals surface area contributed by atoms with Crippen molar-refractivity contribution in [3.8, 4) is 5.88 Å². The molecule has 4 aromatic rings. The average Bonchev–Trinajstić information content (AvgIpc) is 3.32. The Morgan fingerprint density at radius 1 is 1.04 bits per heavy atom. The number of aromatic nitrogens is 4. The van der Waals surface area contributed by atoms with Crippen molar-refractivity contribution in [2.24, 2.45) is 0 Å². The number of fused-ring (bicyclic) bond motifs is 1. The van der Waals surface area contributed by atoms with Gasteiger partial charge in [0.15, 0.2) is 0 Å². The van der Waals surface area contributed by atoms with Gasteiger partial charge in [0, 0.05) is 37.8 Å². The lowest BCUT2D eigenvalue weighted by Crippen LogP contribution is -2.53. The van der Waals surface area contributed by atoms with Crippen LogP contribution >= 0.6 is 11.3 Å². The zero-order chi connectivity index (χ0) is 18.1. The van der Waals surface area contributed by atoms with Crippen LogP contribution in [0.4, 0.5) is 0 Å². The first kappa shape index (κ1) is 16.4. The summed E-state index contributed by atoms with van der Waals surface area (Å²) in [6.07, 6.45) is 3.80. The predicted octanol–water partition coefficient (Wildman–Crippen LogP) is 3.20. The highest BCUT2D eigenvalue weighted by Crippen LogP contribution is 2.26. The number of hydrogen-bond donors (Lipinski definition) is 0. The van der Waals surface area contributed by atoms with Gasteiger partial charge in [-0.3, -0.25) is 4.90 Å². The van der Waals surface area contributed by atoms with Crippen LogP contribution in [-0.4, -0.2) is 43.6 Å². The minimum absolute atomic E-state index is 0.166. The smallest absolute Gasteiger partial charge is 0.226 e. The van der Waals surface area contributed by atoms with Crippen molar-refractivity contribution in [2.45, 2.75) is 19.2 Å². The van der Waals surface area contributed by atoms with Gasteiger partial charge in [0.05, 0.1) is 16.6 Å². The van der Waals surface area contributed by atoms with Gasteiger partial charge in [-0.05, 0) is 11.6 Å². The maximum atomic E-state index is 6.15. The van der Waals surface area contributed by atoms with E-state index in [-0.39, 0.29) is 6.10 Å². The number of ether oxygens (including phenoxy) is 1. The fourth-order valence-electron chi connectivity index (χ4n) is 3.41. The van der Waals surface area contributed by atoms with Gasteiger partial charge >= 0.3 is 0 Å². The molecule has 1 aliphatic heterocycles. The van der Waals surface area contributed by atoms with Crippen LogP contribution in [0.1, 0.15) is 11.3 Å². The number of benzene rings is 1. The second-order valence-corrected chi connectivity index (χ2v) is 7.48. The number of hydrogen-bond acceptors (Lipinski definition) is 6. The van der Waals surface area contributed by atoms with Crippen molar-refractivity contribution in [3.05, 3.63) is 71.1 Å². The van der Waals surface area contributed by atoms with E-state index in [0.717, 1.165) is 42.9 Å². The Bertz CT molecular complexity index is 1030. The van der Waals surface area contributed by atoms with Crippen molar-refractivity contribution >= 4 is 22.4 Å². The molecule has 1 saturated heterocycles. The summed E-state index contributed by atoms with van der Waals surface area (Å²) in [5.74, 6) is 0.671. The van der Waals surface area contributed by atoms with E-state index in [4.69, 9.17) is 4.74 Å². The third-order valence-electron chi connectivity index (χ3n) is 4.79. The second-order valence-electron chi connectivity index (χ2n) is 6.76. The summed E-state index contributed by atoms with van der Waals surface area (Å²) in [6, 6.07) is 12.4. The Morgan fingerprint density at radius 2 is 1.93 bits per heavy atom. The molecule has 0 atom stereocenters. The Hall–Kier alpha value is -2.77. The molecule has 1 aromatic carbocycles. The van der Waals surface area contributed by atoms with Crippen molar-refractivity contribution < 1.29 is 4.74 Å². The largest absolute Gasteiger partial charge is 0.471 e. The Labute approximate surface area is 161 Å². The summed E-state index contributed by atoms with van der Waals surface area (Å²) in [5.41, 5.74) is 5.15. The highest BCUT2D eigenvalue weighted by Gasteiger charge is 2.29. The molecule has 0 bridgehead atoms. The standard InChI is InChI=1S/C20H19N5OS/c1-2-4-15(5-3-1)8-25-7-6-18-19(25)21-13-22-20(18)26-17-10-24(11-17)9-16-12-27-14-23-16/h1-7,12-14,17H,8-11H2. The second kappa shape index (κ2) is 7.09. The maximum Gasteiger partial charge on any atom is 0.226 e. The van der Waals surface area contributed by atoms with Crippen LogP contribution in [0.5, 0.6) is 5.88 Å². The zero-order valence-electron chi connectivity index (χ0n) is 14.7. The molecule has 0 amide bonds. The molecule has 0 aliphatic carbocycles. The third-order valence-corrected chi connectivity index (χ3v) is 5.42. The number of likely N-dealkylation sites (tertiary alicyclic amines) is 1. The van der Waals surface area contributed by atoms with E-state index in [0.29, 0.717) is 5.88 Å². The van der Waals surface area contributed by atoms with E-state index >= 15 is 0 Å². The zero-order valence-corrected chi connectivity index (χ0v) is 15.5. The summed E-state index contributed by atoms with van der Waals surface area (Å²) in [7, 11) is 0. The van der Waals surface area contributed by atoms with Gasteiger partial charge in [0.1, 0.15) is 18.1 Å². The molecule has 6 nitrogen and oxygen atoms in total. The van der Waals surface area contributed by atoms with E-state index < -0.39 is 0 Å². The monoisotopic (exact) mass is 377 g/mol. The lowest BCUT2D eigenvalue weighted by Gasteiger charge is -2.38. The van der Waals surface area contributed by atoms with Crippen LogP contribution in [0.2, 0.25) is 0 Å². The molecule has 0 radical (unpaired) electrons. The third kappa shape index (κ3) is 3.43. The highest BCUT2D eigenvalue weighted by molar-refractivity contribution is 7.07. The lowest BCUT2D eigenvalue weighted by molar-refractivity contribution is 0.0122. The van der Waals surface area contributed by atoms with Gasteiger partial charge < -0.3 is 9.30 Å². The van der Waals surface area contributed by atoms with E-state index in [9.17, 15) is 0 Å². The molecule has 5 rings (SSSR count). The number of thiazole rings is 1. The quantitative estimate of drug-likeness (QED) is 0.516. The van der Waals surface area contributed by atoms with Gasteiger partial charge in [-0.2, -0.15) is 0 Å². The van der Waals surface area contributed by atoms with Gasteiger partial charge in [0.25, 0.3) is 0 Å². The molecule has 136 valence electrons. The van der Waals surface area contributed by atoms with Crippen LogP contribution in [0.3, 0.4) is 0 Å². The molecule has 0 spiro atoms. The van der Waals surface area contributed by atoms with Gasteiger partial charge in [0.2, 0.25) is 5.88 Å². The summed E-state index contributed by atoms with van der Waals surface area (Å²) in [4.78, 5) is 15.5. The number of nitrogens with zero attached hydrogens (tertiary/aromatic N) is 5. The first-order chi connectivity index (χ1) is 13.3. The summed E-state index contributed by atoms with van der Waals surface area (Å²) in [5, 5.41) is 3.06. The molecule has 4 heterocycles. The minimum Gasteiger partial charge on any atom is -0.471 e. The van der Waals surface area contributed by atoms with E-state index in [2.05, 4.69) is 60.3 Å². The molecule has 7 heteroatoms. The molecule has 0 saturated carbocycles. The van der Waals surface area contributed by atoms with E-state index in [1.54, 1.807) is 17.7 Å². The average molecular weight is 377 g/mol. The number of rotatable bonds is 6. The molecule has 0 unspecified atom stereocenters. The Balaban J connectivity index is 1.27. The molecule has 1 fully saturated rings. The first-order valence-electron chi connectivity index (χ1n) is 8.95. The summed E-state index contributed by atoms with van der Waals surface area (Å²) >= 11 is 1.64. The highest BCUT2D eigenvalue weighted by atomic mass is 32.1. The van der Waals surface area contributed by atoms with E-state index in [1.807, 2.05) is 17.6 Å². The summed E-state index contributed by atoms with van der Waals surface area (Å²) in [6.45, 7) is 3.46. The van der Waals surface area contributed by atoms with Crippen LogP contribution in [0.15, 0.2) is 59.8 Å². The molecule has 27 heavy (non-hydrogen) atoms. The van der Waals surface area contributed by atoms with Crippen molar-refractivity contribution in [1.29, 1.82) is 0 Å². The molecular formula is C20H19N5OS. The molecular weight excluding hydrogens is 358 g/mol. The van der Waals surface area contributed by atoms with Crippen molar-refractivity contribution in [3.63, 3.8) is 0 Å². The Kier molecular flexibility index (Phi) is 4.31. The Morgan fingerprint density at radius 3 is 2.74 bits per heavy atom. The molecule has 1 aliphatic rings. The van der Waals surface area contributed by atoms with Crippen molar-refractivity contribution in [1.82, 2.24) is 24.4 Å².